The molecule has 1 aromatic heterocycles. The maximum absolute atomic E-state index is 13.8. The van der Waals surface area contributed by atoms with Gasteiger partial charge in [-0.3, -0.25) is 9.59 Å². The third-order valence-corrected chi connectivity index (χ3v) is 4.21. The zero-order valence-electron chi connectivity index (χ0n) is 16.3. The molecule has 0 saturated carbocycles. The Morgan fingerprint density at radius 1 is 1.00 bits per heavy atom. The number of carbonyl (C=O) groups is 2. The zero-order valence-corrected chi connectivity index (χ0v) is 16.3. The van der Waals surface area contributed by atoms with Gasteiger partial charge in [-0.15, -0.1) is 0 Å². The minimum Gasteiger partial charge on any atom is -0.441 e. The summed E-state index contributed by atoms with van der Waals surface area (Å²) >= 11 is 0. The van der Waals surface area contributed by atoms with E-state index in [1.54, 1.807) is 5.32 Å². The molecule has 0 fully saturated rings. The van der Waals surface area contributed by atoms with Gasteiger partial charge in [0.2, 0.25) is 5.91 Å². The molecule has 0 spiro atoms. The number of rotatable bonds is 7. The molecule has 32 heavy (non-hydrogen) atoms. The lowest BCUT2D eigenvalue weighted by Gasteiger charge is -2.09. The topological polar surface area (TPSA) is 84.2 Å². The van der Waals surface area contributed by atoms with E-state index in [0.717, 1.165) is 18.3 Å². The van der Waals surface area contributed by atoms with Gasteiger partial charge in [-0.05, 0) is 36.4 Å². The molecule has 11 heteroatoms. The summed E-state index contributed by atoms with van der Waals surface area (Å²) < 4.78 is 69.4. The number of carbonyl (C=O) groups excluding carboxylic acids is 2. The quantitative estimate of drug-likeness (QED) is 0.517. The van der Waals surface area contributed by atoms with E-state index in [2.05, 4.69) is 10.3 Å². The van der Waals surface area contributed by atoms with Crippen molar-refractivity contribution in [2.75, 3.05) is 11.9 Å². The predicted octanol–water partition coefficient (Wildman–Crippen LogP) is 4.48. The smallest absolute Gasteiger partial charge is 0.405 e. The lowest BCUT2D eigenvalue weighted by atomic mass is 10.1. The normalized spacial score (nSPS) is 11.3. The molecule has 3 rings (SSSR count). The van der Waals surface area contributed by atoms with Crippen LogP contribution in [0.25, 0.3) is 11.3 Å². The van der Waals surface area contributed by atoms with E-state index in [0.29, 0.717) is 5.69 Å². The van der Waals surface area contributed by atoms with E-state index in [1.165, 1.54) is 30.3 Å². The molecule has 0 radical (unpaired) electrons. The number of halogens is 5. The van der Waals surface area contributed by atoms with Gasteiger partial charge < -0.3 is 15.1 Å². The summed E-state index contributed by atoms with van der Waals surface area (Å²) in [5, 5.41) is 4.29. The highest BCUT2D eigenvalue weighted by atomic mass is 19.4. The van der Waals surface area contributed by atoms with Gasteiger partial charge >= 0.3 is 6.18 Å². The highest BCUT2D eigenvalue weighted by Gasteiger charge is 2.27. The number of hydrogen-bond acceptors (Lipinski definition) is 4. The Labute approximate surface area is 178 Å². The minimum atomic E-state index is -4.52. The molecule has 0 saturated heterocycles. The van der Waals surface area contributed by atoms with Crippen LogP contribution in [0.1, 0.15) is 22.7 Å². The Hall–Kier alpha value is -3.76. The number of oxazole rings is 1. The van der Waals surface area contributed by atoms with Gasteiger partial charge in [0.1, 0.15) is 18.2 Å². The first-order valence-electron chi connectivity index (χ1n) is 9.26. The van der Waals surface area contributed by atoms with Gasteiger partial charge in [-0.25, -0.2) is 13.8 Å². The predicted molar refractivity (Wildman–Crippen MR) is 104 cm³/mol. The van der Waals surface area contributed by atoms with Gasteiger partial charge in [0.15, 0.2) is 11.7 Å². The highest BCUT2D eigenvalue weighted by Crippen LogP contribution is 2.26. The first-order valence-corrected chi connectivity index (χ1v) is 9.26. The molecule has 1 heterocycles. The summed E-state index contributed by atoms with van der Waals surface area (Å²) in [4.78, 5) is 27.7. The van der Waals surface area contributed by atoms with Crippen molar-refractivity contribution < 1.29 is 36.0 Å². The summed E-state index contributed by atoms with van der Waals surface area (Å²) in [6.07, 6.45) is -3.36. The summed E-state index contributed by atoms with van der Waals surface area (Å²) in [6.45, 7) is -1.45. The number of nitrogens with one attached hydrogen (secondary N) is 2. The summed E-state index contributed by atoms with van der Waals surface area (Å²) in [5.74, 6) is -2.94. The van der Waals surface area contributed by atoms with Gasteiger partial charge in [0.05, 0.1) is 11.8 Å². The van der Waals surface area contributed by atoms with Gasteiger partial charge in [0, 0.05) is 24.1 Å². The number of amides is 2. The van der Waals surface area contributed by atoms with Crippen LogP contribution in [0.2, 0.25) is 0 Å². The maximum atomic E-state index is 13.8. The Balaban J connectivity index is 1.52. The molecule has 0 aliphatic carbocycles. The van der Waals surface area contributed by atoms with E-state index in [4.69, 9.17) is 4.42 Å². The largest absolute Gasteiger partial charge is 0.441 e. The molecule has 0 aliphatic rings. The maximum Gasteiger partial charge on any atom is 0.405 e. The van der Waals surface area contributed by atoms with Crippen molar-refractivity contribution in [3.8, 4) is 11.3 Å². The molecule has 168 valence electrons. The number of alkyl halides is 3. The lowest BCUT2D eigenvalue weighted by molar-refractivity contribution is -0.123. The van der Waals surface area contributed by atoms with Gasteiger partial charge in [0.25, 0.3) is 5.91 Å². The van der Waals surface area contributed by atoms with Crippen LogP contribution < -0.4 is 10.6 Å². The third-order valence-electron chi connectivity index (χ3n) is 4.21. The van der Waals surface area contributed by atoms with E-state index < -0.39 is 36.2 Å². The Kier molecular flexibility index (Phi) is 6.86. The van der Waals surface area contributed by atoms with Crippen molar-refractivity contribution in [1.82, 2.24) is 10.3 Å². The first kappa shape index (κ1) is 22.9. The van der Waals surface area contributed by atoms with Gasteiger partial charge in [-0.2, -0.15) is 13.2 Å². The fourth-order valence-electron chi connectivity index (χ4n) is 2.71. The van der Waals surface area contributed by atoms with E-state index in [1.807, 2.05) is 0 Å². The van der Waals surface area contributed by atoms with Crippen LogP contribution in [0.5, 0.6) is 0 Å². The molecular weight excluding hydrogens is 437 g/mol. The van der Waals surface area contributed by atoms with Crippen LogP contribution in [-0.4, -0.2) is 29.5 Å². The zero-order chi connectivity index (χ0) is 23.3. The van der Waals surface area contributed by atoms with Crippen LogP contribution >= 0.6 is 0 Å². The second-order valence-electron chi connectivity index (χ2n) is 6.64. The number of aryl methyl sites for hydroxylation is 1. The monoisotopic (exact) mass is 453 g/mol. The molecule has 2 aromatic carbocycles. The minimum absolute atomic E-state index is 0.0000552. The molecular formula is C21H16F5N3O3. The first-order chi connectivity index (χ1) is 15.1. The van der Waals surface area contributed by atoms with Crippen LogP contribution in [0.15, 0.2) is 53.1 Å². The SMILES string of the molecule is O=C(CCc1ncc(-c2c(F)cccc2F)o1)Nc1ccc(C(=O)NCC(F)(F)F)cc1. The van der Waals surface area contributed by atoms with Crippen LogP contribution in [0.4, 0.5) is 27.6 Å². The Bertz CT molecular complexity index is 1090. The van der Waals surface area contributed by atoms with Crippen molar-refractivity contribution in [3.05, 3.63) is 71.8 Å². The lowest BCUT2D eigenvalue weighted by Crippen LogP contribution is -2.33. The average molecular weight is 453 g/mol. The number of anilines is 1. The standard InChI is InChI=1S/C21H16F5N3O3/c22-14-2-1-3-15(23)19(14)16-10-27-18(32-16)9-8-17(30)29-13-6-4-12(5-7-13)20(31)28-11-21(24,25)26/h1-7,10H,8-9,11H2,(H,28,31)(H,29,30). The molecule has 0 bridgehead atoms. The average Bonchev–Trinajstić information content (AvgIpc) is 3.19. The number of benzene rings is 2. The van der Waals surface area contributed by atoms with Crippen molar-refractivity contribution in [1.29, 1.82) is 0 Å². The molecule has 2 amide bonds. The van der Waals surface area contributed by atoms with Crippen LogP contribution in [0.3, 0.4) is 0 Å². The Morgan fingerprint density at radius 2 is 1.66 bits per heavy atom. The third kappa shape index (κ3) is 6.13. The molecule has 0 atom stereocenters. The number of nitrogens with zero attached hydrogens (tertiary/aromatic N) is 1. The second-order valence-corrected chi connectivity index (χ2v) is 6.64. The van der Waals surface area contributed by atoms with Crippen LogP contribution in [0, 0.1) is 11.6 Å². The van der Waals surface area contributed by atoms with Crippen molar-refractivity contribution in [2.45, 2.75) is 19.0 Å². The van der Waals surface area contributed by atoms with E-state index in [9.17, 15) is 31.5 Å². The highest BCUT2D eigenvalue weighted by molar-refractivity contribution is 5.95. The molecule has 3 aromatic rings. The van der Waals surface area contributed by atoms with E-state index >= 15 is 0 Å². The molecule has 6 nitrogen and oxygen atoms in total. The Morgan fingerprint density at radius 3 is 2.28 bits per heavy atom. The van der Waals surface area contributed by atoms with Crippen molar-refractivity contribution in [3.63, 3.8) is 0 Å². The fourth-order valence-corrected chi connectivity index (χ4v) is 2.71. The molecule has 0 aliphatic heterocycles. The number of hydrogen-bond donors (Lipinski definition) is 2. The van der Waals surface area contributed by atoms with Crippen molar-refractivity contribution >= 4 is 17.5 Å². The second kappa shape index (κ2) is 9.58. The number of aromatic nitrogens is 1. The van der Waals surface area contributed by atoms with E-state index in [-0.39, 0.29) is 35.6 Å². The fraction of sp³-hybridized carbons (Fsp3) is 0.190. The van der Waals surface area contributed by atoms with Gasteiger partial charge in [-0.1, -0.05) is 6.07 Å². The summed E-state index contributed by atoms with van der Waals surface area (Å²) in [7, 11) is 0. The summed E-state index contributed by atoms with van der Waals surface area (Å²) in [5.41, 5.74) is -0.0288. The van der Waals surface area contributed by atoms with Crippen molar-refractivity contribution in [2.24, 2.45) is 0 Å². The summed E-state index contributed by atoms with van der Waals surface area (Å²) in [6, 6.07) is 8.65. The molecule has 2 N–H and O–H groups in total. The van der Waals surface area contributed by atoms with Crippen LogP contribution in [-0.2, 0) is 11.2 Å². The molecule has 0 unspecified atom stereocenters.